The van der Waals surface area contributed by atoms with Crippen molar-refractivity contribution in [2.24, 2.45) is 0 Å². The van der Waals surface area contributed by atoms with Crippen LogP contribution in [0.1, 0.15) is 34.1 Å². The molecular formula is C10H24N2O. The van der Waals surface area contributed by atoms with Gasteiger partial charge in [-0.15, -0.1) is 0 Å². The Morgan fingerprint density at radius 2 is 1.85 bits per heavy atom. The second-order valence-corrected chi connectivity index (χ2v) is 4.42. The topological polar surface area (TPSA) is 44.3 Å². The summed E-state index contributed by atoms with van der Waals surface area (Å²) in [5.74, 6) is 0. The molecule has 0 unspecified atom stereocenters. The molecule has 0 aliphatic heterocycles. The molecule has 0 amide bonds. The fourth-order valence-corrected chi connectivity index (χ4v) is 1.05. The molecule has 0 heterocycles. The van der Waals surface area contributed by atoms with Crippen molar-refractivity contribution in [2.75, 3.05) is 19.7 Å². The van der Waals surface area contributed by atoms with Crippen molar-refractivity contribution in [1.29, 1.82) is 0 Å². The number of rotatable bonds is 6. The minimum absolute atomic E-state index is 0.183. The third-order valence-corrected chi connectivity index (χ3v) is 1.93. The number of nitrogens with one attached hydrogen (secondary N) is 2. The lowest BCUT2D eigenvalue weighted by Gasteiger charge is -2.21. The fourth-order valence-electron chi connectivity index (χ4n) is 1.05. The second kappa shape index (κ2) is 6.35. The highest BCUT2D eigenvalue weighted by Gasteiger charge is 2.08. The molecule has 0 fully saturated rings. The van der Waals surface area contributed by atoms with Gasteiger partial charge in [-0.1, -0.05) is 6.92 Å². The molecule has 1 atom stereocenters. The molecule has 0 rings (SSSR count). The summed E-state index contributed by atoms with van der Waals surface area (Å²) in [7, 11) is 0. The van der Waals surface area contributed by atoms with Crippen LogP contribution in [0.4, 0.5) is 0 Å². The summed E-state index contributed by atoms with van der Waals surface area (Å²) in [6, 6.07) is 0.252. The van der Waals surface area contributed by atoms with Crippen LogP contribution >= 0.6 is 0 Å². The normalized spacial score (nSPS) is 14.5. The van der Waals surface area contributed by atoms with Crippen molar-refractivity contribution in [3.05, 3.63) is 0 Å². The van der Waals surface area contributed by atoms with Gasteiger partial charge < -0.3 is 15.7 Å². The molecule has 3 nitrogen and oxygen atoms in total. The van der Waals surface area contributed by atoms with Crippen LogP contribution in [0, 0.1) is 0 Å². The maximum absolute atomic E-state index is 8.90. The van der Waals surface area contributed by atoms with Gasteiger partial charge in [-0.3, -0.25) is 0 Å². The predicted molar refractivity (Wildman–Crippen MR) is 56.9 cm³/mol. The summed E-state index contributed by atoms with van der Waals surface area (Å²) in [5.41, 5.74) is 0.183. The van der Waals surface area contributed by atoms with Crippen LogP contribution in [0.3, 0.4) is 0 Å². The second-order valence-electron chi connectivity index (χ2n) is 4.42. The van der Waals surface area contributed by atoms with E-state index in [1.807, 2.05) is 0 Å². The van der Waals surface area contributed by atoms with Crippen LogP contribution in [0.2, 0.25) is 0 Å². The van der Waals surface area contributed by atoms with Crippen molar-refractivity contribution in [1.82, 2.24) is 10.6 Å². The van der Waals surface area contributed by atoms with Crippen LogP contribution in [-0.2, 0) is 0 Å². The van der Waals surface area contributed by atoms with Gasteiger partial charge in [0, 0.05) is 24.7 Å². The third kappa shape index (κ3) is 8.22. The largest absolute Gasteiger partial charge is 0.395 e. The van der Waals surface area contributed by atoms with E-state index in [2.05, 4.69) is 38.3 Å². The van der Waals surface area contributed by atoms with E-state index in [1.54, 1.807) is 0 Å². The monoisotopic (exact) mass is 188 g/mol. The molecule has 13 heavy (non-hydrogen) atoms. The Balaban J connectivity index is 3.34. The first-order valence-corrected chi connectivity index (χ1v) is 5.09. The molecule has 0 aromatic heterocycles. The lowest BCUT2D eigenvalue weighted by atomic mass is 10.1. The molecule has 80 valence electrons. The Labute approximate surface area is 81.9 Å². The van der Waals surface area contributed by atoms with Crippen molar-refractivity contribution < 1.29 is 5.11 Å². The summed E-state index contributed by atoms with van der Waals surface area (Å²) in [6.45, 7) is 10.6. The van der Waals surface area contributed by atoms with Crippen LogP contribution in [0.25, 0.3) is 0 Å². The van der Waals surface area contributed by atoms with Gasteiger partial charge in [-0.2, -0.15) is 0 Å². The molecule has 0 aromatic rings. The van der Waals surface area contributed by atoms with Gasteiger partial charge >= 0.3 is 0 Å². The van der Waals surface area contributed by atoms with Gasteiger partial charge in [0.1, 0.15) is 0 Å². The summed E-state index contributed by atoms with van der Waals surface area (Å²) in [5, 5.41) is 15.6. The molecule has 0 spiro atoms. The standard InChI is InChI=1S/C10H24N2O/c1-5-9(8-13)11-6-7-12-10(2,3)4/h9,11-13H,5-8H2,1-4H3/t9-/m0/s1. The average molecular weight is 188 g/mol. The Morgan fingerprint density at radius 3 is 2.23 bits per heavy atom. The lowest BCUT2D eigenvalue weighted by Crippen LogP contribution is -2.43. The zero-order valence-corrected chi connectivity index (χ0v) is 9.35. The van der Waals surface area contributed by atoms with E-state index < -0.39 is 0 Å². The van der Waals surface area contributed by atoms with E-state index in [1.165, 1.54) is 0 Å². The molecule has 0 bridgehead atoms. The molecule has 0 radical (unpaired) electrons. The fraction of sp³-hybridized carbons (Fsp3) is 1.00. The number of aliphatic hydroxyl groups is 1. The van der Waals surface area contributed by atoms with Crippen molar-refractivity contribution in [3.8, 4) is 0 Å². The Kier molecular flexibility index (Phi) is 6.29. The number of aliphatic hydroxyl groups excluding tert-OH is 1. The molecule has 0 aliphatic rings. The molecule has 0 saturated carbocycles. The maximum Gasteiger partial charge on any atom is 0.0584 e. The first-order chi connectivity index (χ1) is 5.99. The Morgan fingerprint density at radius 1 is 1.23 bits per heavy atom. The summed E-state index contributed by atoms with van der Waals surface area (Å²) in [6.07, 6.45) is 0.978. The van der Waals surface area contributed by atoms with Crippen LogP contribution < -0.4 is 10.6 Å². The van der Waals surface area contributed by atoms with Crippen molar-refractivity contribution in [2.45, 2.75) is 45.7 Å². The van der Waals surface area contributed by atoms with Gasteiger partial charge in [-0.05, 0) is 27.2 Å². The molecule has 0 saturated heterocycles. The summed E-state index contributed by atoms with van der Waals surface area (Å²) in [4.78, 5) is 0. The molecule has 3 heteroatoms. The minimum atomic E-state index is 0.183. The summed E-state index contributed by atoms with van der Waals surface area (Å²) >= 11 is 0. The first-order valence-electron chi connectivity index (χ1n) is 5.09. The van der Waals surface area contributed by atoms with E-state index in [9.17, 15) is 0 Å². The van der Waals surface area contributed by atoms with Gasteiger partial charge in [0.15, 0.2) is 0 Å². The quantitative estimate of drug-likeness (QED) is 0.539. The lowest BCUT2D eigenvalue weighted by molar-refractivity contribution is 0.238. The van der Waals surface area contributed by atoms with E-state index in [4.69, 9.17) is 5.11 Å². The Bertz CT molecular complexity index is 117. The van der Waals surface area contributed by atoms with E-state index in [0.29, 0.717) is 0 Å². The van der Waals surface area contributed by atoms with E-state index >= 15 is 0 Å². The van der Waals surface area contributed by atoms with Gasteiger partial charge in [-0.25, -0.2) is 0 Å². The highest BCUT2D eigenvalue weighted by Crippen LogP contribution is 1.96. The molecule has 0 aliphatic carbocycles. The van der Waals surface area contributed by atoms with Crippen molar-refractivity contribution >= 4 is 0 Å². The smallest absolute Gasteiger partial charge is 0.0584 e. The first kappa shape index (κ1) is 12.9. The molecule has 3 N–H and O–H groups in total. The maximum atomic E-state index is 8.90. The minimum Gasteiger partial charge on any atom is -0.395 e. The molecule has 0 aromatic carbocycles. The predicted octanol–water partition coefficient (Wildman–Crippen LogP) is 0.735. The zero-order chi connectivity index (χ0) is 10.3. The van der Waals surface area contributed by atoms with Crippen LogP contribution in [0.5, 0.6) is 0 Å². The third-order valence-electron chi connectivity index (χ3n) is 1.93. The number of hydrogen-bond acceptors (Lipinski definition) is 3. The van der Waals surface area contributed by atoms with Crippen molar-refractivity contribution in [3.63, 3.8) is 0 Å². The van der Waals surface area contributed by atoms with Crippen LogP contribution in [0.15, 0.2) is 0 Å². The van der Waals surface area contributed by atoms with Gasteiger partial charge in [0.25, 0.3) is 0 Å². The summed E-state index contributed by atoms with van der Waals surface area (Å²) < 4.78 is 0. The highest BCUT2D eigenvalue weighted by molar-refractivity contribution is 4.71. The zero-order valence-electron chi connectivity index (χ0n) is 9.35. The van der Waals surface area contributed by atoms with Crippen LogP contribution in [-0.4, -0.2) is 36.4 Å². The molecular weight excluding hydrogens is 164 g/mol. The number of hydrogen-bond donors (Lipinski definition) is 3. The Hall–Kier alpha value is -0.120. The highest BCUT2D eigenvalue weighted by atomic mass is 16.3. The van der Waals surface area contributed by atoms with Gasteiger partial charge in [0.2, 0.25) is 0 Å². The van der Waals surface area contributed by atoms with E-state index in [0.717, 1.165) is 19.5 Å². The van der Waals surface area contributed by atoms with E-state index in [-0.39, 0.29) is 18.2 Å². The SMILES string of the molecule is CC[C@@H](CO)NCCNC(C)(C)C. The average Bonchev–Trinajstić information content (AvgIpc) is 2.03. The van der Waals surface area contributed by atoms with Gasteiger partial charge in [0.05, 0.1) is 6.61 Å².